The van der Waals surface area contributed by atoms with Crippen LogP contribution in [0.4, 0.5) is 4.39 Å². The molecule has 61 heavy (non-hydrogen) atoms. The SMILES string of the molecule is N#Cc1c(-n2c3ccccc3c3cc(F)ccc32)c(-c2ccccc2)c(C#N)c2c1oc1c(-c3ccccc3)c(-c3ccccc3)c(-c3ccccc3)c(-c3ccccc3)c12. The van der Waals surface area contributed by atoms with Crippen molar-refractivity contribution in [2.24, 2.45) is 0 Å². The Balaban J connectivity index is 1.46. The Labute approximate surface area is 350 Å². The maximum atomic E-state index is 15.1. The third kappa shape index (κ3) is 5.50. The number of benzene rings is 9. The van der Waals surface area contributed by atoms with E-state index in [-0.39, 0.29) is 11.4 Å². The van der Waals surface area contributed by atoms with E-state index in [1.165, 1.54) is 12.1 Å². The molecule has 0 bridgehead atoms. The highest BCUT2D eigenvalue weighted by molar-refractivity contribution is 6.27. The summed E-state index contributed by atoms with van der Waals surface area (Å²) >= 11 is 0. The van der Waals surface area contributed by atoms with Crippen molar-refractivity contribution in [2.75, 3.05) is 0 Å². The molecular formula is C56H32FN3O. The molecule has 11 aromatic rings. The molecule has 4 nitrogen and oxygen atoms in total. The van der Waals surface area contributed by atoms with Crippen LogP contribution in [0.2, 0.25) is 0 Å². The molecule has 0 amide bonds. The zero-order valence-corrected chi connectivity index (χ0v) is 32.6. The second-order valence-corrected chi connectivity index (χ2v) is 15.1. The van der Waals surface area contributed by atoms with Crippen molar-refractivity contribution in [3.8, 4) is 73.5 Å². The van der Waals surface area contributed by atoms with Crippen molar-refractivity contribution in [1.82, 2.24) is 4.57 Å². The van der Waals surface area contributed by atoms with E-state index in [4.69, 9.17) is 4.42 Å². The normalized spacial score (nSPS) is 11.3. The van der Waals surface area contributed by atoms with Crippen molar-refractivity contribution >= 4 is 43.7 Å². The average Bonchev–Trinajstić information content (AvgIpc) is 3.87. The Hall–Kier alpha value is -8.51. The summed E-state index contributed by atoms with van der Waals surface area (Å²) in [6, 6.07) is 68.7. The molecule has 0 radical (unpaired) electrons. The number of nitrogens with zero attached hydrogens (tertiary/aromatic N) is 3. The molecule has 0 N–H and O–H groups in total. The van der Waals surface area contributed by atoms with Crippen LogP contribution in [0.25, 0.3) is 105 Å². The summed E-state index contributed by atoms with van der Waals surface area (Å²) in [5.74, 6) is -0.366. The second kappa shape index (κ2) is 14.4. The van der Waals surface area contributed by atoms with E-state index in [0.717, 1.165) is 66.4 Å². The minimum Gasteiger partial charge on any atom is -0.454 e. The minimum absolute atomic E-state index is 0.261. The molecule has 284 valence electrons. The van der Waals surface area contributed by atoms with Crippen molar-refractivity contribution in [3.63, 3.8) is 0 Å². The van der Waals surface area contributed by atoms with Gasteiger partial charge in [-0.25, -0.2) is 4.39 Å². The van der Waals surface area contributed by atoms with Gasteiger partial charge in [-0.05, 0) is 57.6 Å². The third-order valence-corrected chi connectivity index (χ3v) is 11.7. The first-order chi connectivity index (χ1) is 30.2. The standard InChI is InChI=1S/C56H32FN3O/c57-40-30-31-46-42(32-40)41-28-16-17-29-45(41)60(46)54-44(34-59)55-52(43(33-58)47(54)35-18-6-1-7-19-35)53-50(38-24-12-4-13-25-38)48(36-20-8-2-9-21-36)49(37-22-10-3-11-23-37)51(56(53)61-55)39-26-14-5-15-27-39/h1-32H. The summed E-state index contributed by atoms with van der Waals surface area (Å²) in [6.45, 7) is 0. The van der Waals surface area contributed by atoms with Gasteiger partial charge in [0.05, 0.1) is 22.3 Å². The Morgan fingerprint density at radius 2 is 0.836 bits per heavy atom. The number of rotatable bonds is 6. The van der Waals surface area contributed by atoms with Gasteiger partial charge in [0, 0.05) is 43.8 Å². The summed E-state index contributed by atoms with van der Waals surface area (Å²) < 4.78 is 24.4. The highest BCUT2D eigenvalue weighted by Gasteiger charge is 2.33. The molecule has 5 heteroatoms. The van der Waals surface area contributed by atoms with Crippen molar-refractivity contribution in [1.29, 1.82) is 10.5 Å². The number of aromatic nitrogens is 1. The molecule has 0 aliphatic heterocycles. The highest BCUT2D eigenvalue weighted by Crippen LogP contribution is 2.56. The van der Waals surface area contributed by atoms with E-state index >= 15 is 4.39 Å². The van der Waals surface area contributed by atoms with Crippen LogP contribution in [0, 0.1) is 28.5 Å². The molecule has 2 heterocycles. The Morgan fingerprint density at radius 3 is 1.38 bits per heavy atom. The van der Waals surface area contributed by atoms with E-state index in [2.05, 4.69) is 60.7 Å². The van der Waals surface area contributed by atoms with Gasteiger partial charge in [-0.3, -0.25) is 0 Å². The number of nitriles is 2. The zero-order valence-electron chi connectivity index (χ0n) is 32.6. The fraction of sp³-hybridized carbons (Fsp3) is 0. The number of para-hydroxylation sites is 1. The Kier molecular flexibility index (Phi) is 8.41. The summed E-state index contributed by atoms with van der Waals surface area (Å²) in [5, 5.41) is 26.2. The fourth-order valence-electron chi connectivity index (χ4n) is 9.30. The van der Waals surface area contributed by atoms with Crippen LogP contribution in [0.5, 0.6) is 0 Å². The number of hydrogen-bond donors (Lipinski definition) is 0. The van der Waals surface area contributed by atoms with Gasteiger partial charge in [-0.2, -0.15) is 10.5 Å². The first kappa shape index (κ1) is 35.6. The molecule has 2 aromatic heterocycles. The van der Waals surface area contributed by atoms with Crippen LogP contribution < -0.4 is 0 Å². The van der Waals surface area contributed by atoms with Gasteiger partial charge in [0.15, 0.2) is 5.58 Å². The van der Waals surface area contributed by atoms with Crippen LogP contribution >= 0.6 is 0 Å². The number of fused-ring (bicyclic) bond motifs is 6. The molecule has 0 atom stereocenters. The summed E-state index contributed by atoms with van der Waals surface area (Å²) in [5.41, 5.74) is 12.3. The van der Waals surface area contributed by atoms with Crippen LogP contribution in [0.1, 0.15) is 11.1 Å². The van der Waals surface area contributed by atoms with Crippen LogP contribution in [-0.4, -0.2) is 4.57 Å². The molecule has 0 fully saturated rings. The molecule has 0 spiro atoms. The van der Waals surface area contributed by atoms with Crippen LogP contribution in [0.15, 0.2) is 199 Å². The molecule has 0 unspecified atom stereocenters. The maximum Gasteiger partial charge on any atom is 0.156 e. The van der Waals surface area contributed by atoms with Crippen molar-refractivity contribution in [3.05, 3.63) is 211 Å². The molecule has 0 aliphatic carbocycles. The number of furan rings is 1. The first-order valence-electron chi connectivity index (χ1n) is 20.1. The van der Waals surface area contributed by atoms with Gasteiger partial charge >= 0.3 is 0 Å². The predicted octanol–water partition coefficient (Wildman–Crippen LogP) is 14.9. The molecule has 0 aliphatic rings. The van der Waals surface area contributed by atoms with Gasteiger partial charge in [-0.1, -0.05) is 170 Å². The predicted molar refractivity (Wildman–Crippen MR) is 245 cm³/mol. The quantitative estimate of drug-likeness (QED) is 0.169. The van der Waals surface area contributed by atoms with Gasteiger partial charge < -0.3 is 8.98 Å². The van der Waals surface area contributed by atoms with Crippen molar-refractivity contribution < 1.29 is 8.81 Å². The van der Waals surface area contributed by atoms with Gasteiger partial charge in [0.1, 0.15) is 29.1 Å². The lowest BCUT2D eigenvalue weighted by atomic mass is 9.79. The van der Waals surface area contributed by atoms with Crippen molar-refractivity contribution in [2.45, 2.75) is 0 Å². The van der Waals surface area contributed by atoms with E-state index < -0.39 is 0 Å². The summed E-state index contributed by atoms with van der Waals surface area (Å²) in [7, 11) is 0. The van der Waals surface area contributed by atoms with E-state index in [0.29, 0.717) is 44.3 Å². The summed E-state index contributed by atoms with van der Waals surface area (Å²) in [6.07, 6.45) is 0. The van der Waals surface area contributed by atoms with E-state index in [1.54, 1.807) is 6.07 Å². The second-order valence-electron chi connectivity index (χ2n) is 15.1. The Morgan fingerprint density at radius 1 is 0.393 bits per heavy atom. The zero-order chi connectivity index (χ0) is 41.0. The molecule has 9 aromatic carbocycles. The van der Waals surface area contributed by atoms with Crippen LogP contribution in [0.3, 0.4) is 0 Å². The molecule has 0 saturated heterocycles. The van der Waals surface area contributed by atoms with E-state index in [9.17, 15) is 10.5 Å². The lowest BCUT2D eigenvalue weighted by molar-refractivity contribution is 0.629. The van der Waals surface area contributed by atoms with Gasteiger partial charge in [-0.15, -0.1) is 0 Å². The average molecular weight is 782 g/mol. The largest absolute Gasteiger partial charge is 0.454 e. The lowest BCUT2D eigenvalue weighted by Crippen LogP contribution is -2.04. The smallest absolute Gasteiger partial charge is 0.156 e. The number of halogens is 1. The molecular weight excluding hydrogens is 750 g/mol. The van der Waals surface area contributed by atoms with Gasteiger partial charge in [0.25, 0.3) is 0 Å². The molecule has 0 saturated carbocycles. The lowest BCUT2D eigenvalue weighted by Gasteiger charge is -2.22. The number of hydrogen-bond acceptors (Lipinski definition) is 3. The fourth-order valence-corrected chi connectivity index (χ4v) is 9.30. The monoisotopic (exact) mass is 781 g/mol. The Bertz CT molecular complexity index is 3580. The maximum absolute atomic E-state index is 15.1. The summed E-state index contributed by atoms with van der Waals surface area (Å²) in [4.78, 5) is 0. The van der Waals surface area contributed by atoms with E-state index in [1.807, 2.05) is 132 Å². The van der Waals surface area contributed by atoms with Crippen LogP contribution in [-0.2, 0) is 0 Å². The molecule has 11 rings (SSSR count). The highest BCUT2D eigenvalue weighted by atomic mass is 19.1. The topological polar surface area (TPSA) is 65.7 Å². The third-order valence-electron chi connectivity index (χ3n) is 11.7. The van der Waals surface area contributed by atoms with Gasteiger partial charge in [0.2, 0.25) is 0 Å². The first-order valence-corrected chi connectivity index (χ1v) is 20.1. The minimum atomic E-state index is -0.366.